The Kier molecular flexibility index (Phi) is 10.8. The Morgan fingerprint density at radius 3 is 2.22 bits per heavy atom. The van der Waals surface area contributed by atoms with E-state index >= 15 is 4.39 Å². The van der Waals surface area contributed by atoms with Crippen LogP contribution in [0.25, 0.3) is 0 Å². The van der Waals surface area contributed by atoms with Crippen molar-refractivity contribution in [2.24, 2.45) is 5.41 Å². The van der Waals surface area contributed by atoms with Crippen LogP contribution in [0, 0.1) is 11.2 Å². The first-order valence-corrected chi connectivity index (χ1v) is 18.1. The maximum Gasteiger partial charge on any atom is 0.237 e. The summed E-state index contributed by atoms with van der Waals surface area (Å²) in [4.78, 5) is 36.0. The molecule has 10 heteroatoms. The van der Waals surface area contributed by atoms with Gasteiger partial charge in [0.1, 0.15) is 11.2 Å². The average Bonchev–Trinajstić information content (AvgIpc) is 3.31. The number of piperazine rings is 1. The van der Waals surface area contributed by atoms with Crippen molar-refractivity contribution in [3.8, 4) is 0 Å². The topological polar surface area (TPSA) is 59.1 Å². The Morgan fingerprint density at radius 2 is 1.61 bits per heavy atom. The highest BCUT2D eigenvalue weighted by Crippen LogP contribution is 2.48. The zero-order chi connectivity index (χ0) is 33.2. The summed E-state index contributed by atoms with van der Waals surface area (Å²) >= 11 is 7.55. The van der Waals surface area contributed by atoms with Gasteiger partial charge in [-0.1, -0.05) is 44.5 Å². The molecule has 0 aliphatic carbocycles. The van der Waals surface area contributed by atoms with E-state index in [1.165, 1.54) is 17.8 Å². The van der Waals surface area contributed by atoms with Gasteiger partial charge in [0.05, 0.1) is 10.9 Å². The maximum atomic E-state index is 15.7. The van der Waals surface area contributed by atoms with Crippen molar-refractivity contribution >= 4 is 46.6 Å². The second-order valence-corrected chi connectivity index (χ2v) is 16.9. The molecule has 2 unspecified atom stereocenters. The largest absolute Gasteiger partial charge is 0.382 e. The molecule has 3 aliphatic rings. The van der Waals surface area contributed by atoms with Gasteiger partial charge in [-0.2, -0.15) is 0 Å². The SMILES string of the molecule is CC(C)(C)CCN1C(=O)C(CC(=O)N2CCC(Nc3ccc(Cl)cc3)CC2)SC1c1cccc(F)c1N1CCN(C(C)(C)C)CC1. The van der Waals surface area contributed by atoms with Crippen LogP contribution < -0.4 is 10.2 Å². The molecule has 0 spiro atoms. The van der Waals surface area contributed by atoms with Crippen LogP contribution in [0.2, 0.25) is 5.02 Å². The minimum Gasteiger partial charge on any atom is -0.382 e. The molecule has 2 aromatic carbocycles. The third-order valence-corrected chi connectivity index (χ3v) is 11.2. The lowest BCUT2D eigenvalue weighted by Gasteiger charge is -2.43. The third-order valence-electron chi connectivity index (χ3n) is 9.49. The van der Waals surface area contributed by atoms with Crippen LogP contribution in [-0.2, 0) is 9.59 Å². The molecule has 46 heavy (non-hydrogen) atoms. The summed E-state index contributed by atoms with van der Waals surface area (Å²) in [6, 6.07) is 13.2. The first-order chi connectivity index (χ1) is 21.7. The molecule has 3 aliphatic heterocycles. The number of likely N-dealkylation sites (tertiary alicyclic amines) is 1. The number of carbonyl (C=O) groups excluding carboxylic acids is 2. The molecule has 252 valence electrons. The van der Waals surface area contributed by atoms with E-state index in [-0.39, 0.29) is 46.4 Å². The molecule has 7 nitrogen and oxygen atoms in total. The van der Waals surface area contributed by atoms with Crippen LogP contribution in [-0.4, -0.2) is 89.2 Å². The van der Waals surface area contributed by atoms with Crippen LogP contribution in [0.4, 0.5) is 15.8 Å². The quantitative estimate of drug-likeness (QED) is 0.319. The van der Waals surface area contributed by atoms with E-state index in [0.717, 1.165) is 56.7 Å². The highest BCUT2D eigenvalue weighted by Gasteiger charge is 2.44. The summed E-state index contributed by atoms with van der Waals surface area (Å²) in [5, 5.41) is 3.43. The molecule has 2 amide bonds. The summed E-state index contributed by atoms with van der Waals surface area (Å²) in [5.41, 5.74) is 2.55. The van der Waals surface area contributed by atoms with Gasteiger partial charge in [-0.05, 0) is 75.8 Å². The van der Waals surface area contributed by atoms with Crippen molar-refractivity contribution in [1.29, 1.82) is 0 Å². The lowest BCUT2D eigenvalue weighted by atomic mass is 9.92. The monoisotopic (exact) mass is 671 g/mol. The first-order valence-electron chi connectivity index (χ1n) is 16.7. The van der Waals surface area contributed by atoms with Gasteiger partial charge in [0.2, 0.25) is 11.8 Å². The molecule has 3 fully saturated rings. The van der Waals surface area contributed by atoms with Gasteiger partial charge in [0, 0.05) is 80.1 Å². The van der Waals surface area contributed by atoms with Gasteiger partial charge in [-0.25, -0.2) is 4.39 Å². The molecule has 5 rings (SSSR count). The number of piperidine rings is 1. The van der Waals surface area contributed by atoms with Crippen LogP contribution >= 0.6 is 23.4 Å². The molecule has 0 radical (unpaired) electrons. The van der Waals surface area contributed by atoms with Crippen molar-refractivity contribution in [1.82, 2.24) is 14.7 Å². The Labute approximate surface area is 284 Å². The standard InChI is InChI=1S/C36H51ClFN5O2S/c1-35(2,3)16-19-43-33(45)30(24-31(44)40-17-14-27(15-18-40)39-26-12-10-25(37)11-13-26)46-34(43)28-8-7-9-29(38)32(28)41-20-22-42(23-21-41)36(4,5)6/h7-13,27,30,34,39H,14-24H2,1-6H3. The number of nitrogens with zero attached hydrogens (tertiary/aromatic N) is 4. The lowest BCUT2D eigenvalue weighted by molar-refractivity contribution is -0.136. The van der Waals surface area contributed by atoms with Crippen molar-refractivity contribution in [2.75, 3.05) is 56.0 Å². The Hall–Kier alpha value is -2.49. The van der Waals surface area contributed by atoms with E-state index < -0.39 is 5.25 Å². The fraction of sp³-hybridized carbons (Fsp3) is 0.611. The summed E-state index contributed by atoms with van der Waals surface area (Å²) in [6.07, 6.45) is 2.67. The molecule has 0 saturated carbocycles. The minimum absolute atomic E-state index is 0.0142. The number of hydrogen-bond acceptors (Lipinski definition) is 6. The Bertz CT molecular complexity index is 1360. The lowest BCUT2D eigenvalue weighted by Crippen LogP contribution is -2.53. The Balaban J connectivity index is 1.28. The zero-order valence-electron chi connectivity index (χ0n) is 28.3. The molecule has 3 saturated heterocycles. The molecule has 0 bridgehead atoms. The van der Waals surface area contributed by atoms with Crippen LogP contribution in [0.5, 0.6) is 0 Å². The van der Waals surface area contributed by atoms with Crippen LogP contribution in [0.15, 0.2) is 42.5 Å². The average molecular weight is 672 g/mol. The van der Waals surface area contributed by atoms with Gasteiger partial charge >= 0.3 is 0 Å². The predicted octanol–water partition coefficient (Wildman–Crippen LogP) is 7.27. The van der Waals surface area contributed by atoms with E-state index in [4.69, 9.17) is 11.6 Å². The van der Waals surface area contributed by atoms with E-state index in [9.17, 15) is 9.59 Å². The number of hydrogen-bond donors (Lipinski definition) is 1. The Morgan fingerprint density at radius 1 is 0.957 bits per heavy atom. The van der Waals surface area contributed by atoms with Gasteiger partial charge in [0.25, 0.3) is 0 Å². The highest BCUT2D eigenvalue weighted by molar-refractivity contribution is 8.01. The van der Waals surface area contributed by atoms with Crippen LogP contribution in [0.1, 0.15) is 78.2 Å². The number of benzene rings is 2. The van der Waals surface area contributed by atoms with Gasteiger partial charge in [-0.15, -0.1) is 11.8 Å². The van der Waals surface area contributed by atoms with Gasteiger partial charge < -0.3 is 20.0 Å². The minimum atomic E-state index is -0.490. The van der Waals surface area contributed by atoms with Gasteiger partial charge in [-0.3, -0.25) is 14.5 Å². The summed E-state index contributed by atoms with van der Waals surface area (Å²) in [7, 11) is 0. The van der Waals surface area contributed by atoms with Gasteiger partial charge in [0.15, 0.2) is 0 Å². The number of rotatable bonds is 8. The predicted molar refractivity (Wildman–Crippen MR) is 189 cm³/mol. The highest BCUT2D eigenvalue weighted by atomic mass is 35.5. The molecule has 2 aromatic rings. The number of para-hydroxylation sites is 1. The molecule has 2 atom stereocenters. The molecule has 0 aromatic heterocycles. The number of halogens is 2. The summed E-state index contributed by atoms with van der Waals surface area (Å²) in [5.74, 6) is -0.246. The second kappa shape index (κ2) is 14.3. The van der Waals surface area contributed by atoms with E-state index in [0.29, 0.717) is 30.3 Å². The number of nitrogens with one attached hydrogen (secondary N) is 1. The number of carbonyl (C=O) groups is 2. The maximum absolute atomic E-state index is 15.7. The van der Waals surface area contributed by atoms with E-state index in [1.54, 1.807) is 6.07 Å². The zero-order valence-corrected chi connectivity index (χ0v) is 29.9. The number of anilines is 2. The number of thioether (sulfide) groups is 1. The van der Waals surface area contributed by atoms with E-state index in [2.05, 4.69) is 56.7 Å². The summed E-state index contributed by atoms with van der Waals surface area (Å²) < 4.78 is 15.7. The second-order valence-electron chi connectivity index (χ2n) is 15.2. The van der Waals surface area contributed by atoms with Crippen molar-refractivity contribution < 1.29 is 14.0 Å². The normalized spacial score (nSPS) is 22.1. The van der Waals surface area contributed by atoms with Crippen molar-refractivity contribution in [3.05, 3.63) is 58.9 Å². The first kappa shape index (κ1) is 34.8. The molecular formula is C36H51ClFN5O2S. The fourth-order valence-electron chi connectivity index (χ4n) is 6.66. The summed E-state index contributed by atoms with van der Waals surface area (Å²) in [6.45, 7) is 18.2. The molecule has 3 heterocycles. The van der Waals surface area contributed by atoms with Crippen molar-refractivity contribution in [2.45, 2.75) is 89.4 Å². The van der Waals surface area contributed by atoms with E-state index in [1.807, 2.05) is 40.1 Å². The number of amides is 2. The third kappa shape index (κ3) is 8.50. The smallest absolute Gasteiger partial charge is 0.237 e. The van der Waals surface area contributed by atoms with Crippen molar-refractivity contribution in [3.63, 3.8) is 0 Å². The fourth-order valence-corrected chi connectivity index (χ4v) is 8.28. The van der Waals surface area contributed by atoms with Crippen LogP contribution in [0.3, 0.4) is 0 Å². The molecular weight excluding hydrogens is 621 g/mol. The molecule has 1 N–H and O–H groups in total.